The number of carbonyl (C=O) groups excluding carboxylic acids is 1. The predicted octanol–water partition coefficient (Wildman–Crippen LogP) is 2.53. The second kappa shape index (κ2) is 6.30. The van der Waals surface area contributed by atoms with E-state index < -0.39 is 0 Å². The largest absolute Gasteiger partial charge is 0.488 e. The van der Waals surface area contributed by atoms with Crippen molar-refractivity contribution in [2.75, 3.05) is 5.32 Å². The number of rotatable bonds is 4. The Hall–Kier alpha value is -2.50. The molecular weight excluding hydrogens is 268 g/mol. The smallest absolute Gasteiger partial charge is 0.319 e. The predicted molar refractivity (Wildman–Crippen MR) is 79.2 cm³/mol. The summed E-state index contributed by atoms with van der Waals surface area (Å²) >= 11 is 0. The van der Waals surface area contributed by atoms with E-state index in [0.29, 0.717) is 5.69 Å². The summed E-state index contributed by atoms with van der Waals surface area (Å²) in [5.41, 5.74) is 0.644. The highest BCUT2D eigenvalue weighted by Crippen LogP contribution is 2.24. The summed E-state index contributed by atoms with van der Waals surface area (Å²) in [7, 11) is 0. The molecule has 1 aromatic heterocycles. The Kier molecular flexibility index (Phi) is 4.04. The lowest BCUT2D eigenvalue weighted by atomic mass is 10.2. The van der Waals surface area contributed by atoms with Crippen molar-refractivity contribution in [3.05, 3.63) is 42.7 Å². The maximum absolute atomic E-state index is 11.9. The van der Waals surface area contributed by atoms with Gasteiger partial charge in [0.05, 0.1) is 17.9 Å². The molecule has 0 spiro atoms. The summed E-state index contributed by atoms with van der Waals surface area (Å²) in [6, 6.07) is 9.50. The van der Waals surface area contributed by atoms with E-state index in [4.69, 9.17) is 4.74 Å². The van der Waals surface area contributed by atoms with E-state index >= 15 is 0 Å². The monoisotopic (exact) mass is 286 g/mol. The minimum atomic E-state index is -0.232. The Morgan fingerprint density at radius 1 is 1.29 bits per heavy atom. The quantitative estimate of drug-likeness (QED) is 0.808. The zero-order valence-corrected chi connectivity index (χ0v) is 11.6. The van der Waals surface area contributed by atoms with Crippen LogP contribution in [0.15, 0.2) is 42.7 Å². The van der Waals surface area contributed by atoms with Gasteiger partial charge in [-0.2, -0.15) is 5.10 Å². The van der Waals surface area contributed by atoms with Gasteiger partial charge in [0.15, 0.2) is 0 Å². The van der Waals surface area contributed by atoms with Crippen LogP contribution in [0, 0.1) is 0 Å². The first-order valence-corrected chi connectivity index (χ1v) is 7.09. The van der Waals surface area contributed by atoms with Gasteiger partial charge in [0, 0.05) is 6.20 Å². The van der Waals surface area contributed by atoms with Crippen LogP contribution in [0.3, 0.4) is 0 Å². The van der Waals surface area contributed by atoms with E-state index in [1.54, 1.807) is 12.4 Å². The van der Waals surface area contributed by atoms with Crippen molar-refractivity contribution in [1.29, 1.82) is 0 Å². The van der Waals surface area contributed by atoms with E-state index in [2.05, 4.69) is 20.8 Å². The number of para-hydroxylation sites is 1. The minimum absolute atomic E-state index is 0.0162. The first-order valence-electron chi connectivity index (χ1n) is 7.09. The third kappa shape index (κ3) is 3.53. The molecule has 1 aromatic carbocycles. The molecule has 110 valence electrons. The van der Waals surface area contributed by atoms with Gasteiger partial charge in [0.1, 0.15) is 11.9 Å². The molecule has 6 nitrogen and oxygen atoms in total. The molecule has 0 bridgehead atoms. The van der Waals surface area contributed by atoms with Crippen molar-refractivity contribution in [2.45, 2.75) is 31.4 Å². The van der Waals surface area contributed by atoms with Gasteiger partial charge < -0.3 is 15.4 Å². The zero-order valence-electron chi connectivity index (χ0n) is 11.6. The molecule has 1 fully saturated rings. The van der Waals surface area contributed by atoms with E-state index in [9.17, 15) is 4.79 Å². The maximum atomic E-state index is 11.9. The molecule has 2 amide bonds. The normalized spacial score (nSPS) is 21.0. The van der Waals surface area contributed by atoms with Gasteiger partial charge in [-0.15, -0.1) is 0 Å². The van der Waals surface area contributed by atoms with Crippen LogP contribution < -0.4 is 15.4 Å². The van der Waals surface area contributed by atoms with Crippen molar-refractivity contribution in [3.63, 3.8) is 0 Å². The molecule has 1 aliphatic carbocycles. The molecule has 1 saturated carbocycles. The highest BCUT2D eigenvalue weighted by Gasteiger charge is 2.30. The fourth-order valence-electron chi connectivity index (χ4n) is 2.56. The summed E-state index contributed by atoms with van der Waals surface area (Å²) in [6.07, 6.45) is 6.14. The van der Waals surface area contributed by atoms with Crippen LogP contribution in [0.2, 0.25) is 0 Å². The summed E-state index contributed by atoms with van der Waals surface area (Å²) in [5, 5.41) is 12.1. The number of aromatic nitrogens is 2. The van der Waals surface area contributed by atoms with Gasteiger partial charge in [-0.3, -0.25) is 5.10 Å². The Morgan fingerprint density at radius 2 is 2.14 bits per heavy atom. The van der Waals surface area contributed by atoms with Crippen LogP contribution in [0.4, 0.5) is 10.5 Å². The number of ether oxygens (including phenoxy) is 1. The van der Waals surface area contributed by atoms with Gasteiger partial charge in [-0.1, -0.05) is 18.2 Å². The van der Waals surface area contributed by atoms with Gasteiger partial charge in [0.2, 0.25) is 0 Å². The Bertz CT molecular complexity index is 571. The van der Waals surface area contributed by atoms with Crippen LogP contribution >= 0.6 is 0 Å². The van der Waals surface area contributed by atoms with Crippen LogP contribution in [-0.4, -0.2) is 28.4 Å². The Morgan fingerprint density at radius 3 is 2.90 bits per heavy atom. The number of H-pyrrole nitrogens is 1. The van der Waals surface area contributed by atoms with Crippen LogP contribution in [-0.2, 0) is 0 Å². The number of nitrogens with one attached hydrogen (secondary N) is 3. The second-order valence-electron chi connectivity index (χ2n) is 5.09. The molecular formula is C15H18N4O2. The second-order valence-corrected chi connectivity index (χ2v) is 5.09. The summed E-state index contributed by atoms with van der Waals surface area (Å²) in [4.78, 5) is 11.9. The van der Waals surface area contributed by atoms with Crippen LogP contribution in [0.1, 0.15) is 19.3 Å². The number of hydrogen-bond donors (Lipinski definition) is 3. The lowest BCUT2D eigenvalue weighted by molar-refractivity contribution is 0.175. The molecule has 0 aliphatic heterocycles. The third-order valence-electron chi connectivity index (χ3n) is 3.56. The van der Waals surface area contributed by atoms with Gasteiger partial charge in [-0.05, 0) is 31.4 Å². The van der Waals surface area contributed by atoms with Crippen molar-refractivity contribution in [2.24, 2.45) is 0 Å². The molecule has 1 aliphatic rings. The fraction of sp³-hybridized carbons (Fsp3) is 0.333. The topological polar surface area (TPSA) is 79.0 Å². The first-order chi connectivity index (χ1) is 10.3. The highest BCUT2D eigenvalue weighted by atomic mass is 16.5. The first kappa shape index (κ1) is 13.5. The van der Waals surface area contributed by atoms with Crippen molar-refractivity contribution >= 4 is 11.7 Å². The average molecular weight is 286 g/mol. The number of nitrogens with zero attached hydrogens (tertiary/aromatic N) is 1. The zero-order chi connectivity index (χ0) is 14.5. The number of hydrogen-bond acceptors (Lipinski definition) is 3. The van der Waals surface area contributed by atoms with Crippen molar-refractivity contribution < 1.29 is 9.53 Å². The van der Waals surface area contributed by atoms with Gasteiger partial charge >= 0.3 is 6.03 Å². The van der Waals surface area contributed by atoms with Gasteiger partial charge in [-0.25, -0.2) is 4.79 Å². The number of aromatic amines is 1. The van der Waals surface area contributed by atoms with E-state index in [1.807, 2.05) is 30.3 Å². The van der Waals surface area contributed by atoms with E-state index in [0.717, 1.165) is 25.0 Å². The fourth-order valence-corrected chi connectivity index (χ4v) is 2.56. The van der Waals surface area contributed by atoms with Crippen molar-refractivity contribution in [3.8, 4) is 5.75 Å². The molecule has 2 atom stereocenters. The minimum Gasteiger partial charge on any atom is -0.488 e. The Balaban J connectivity index is 1.55. The third-order valence-corrected chi connectivity index (χ3v) is 3.56. The molecule has 1 heterocycles. The molecule has 2 aromatic rings. The standard InChI is InChI=1S/C15H18N4O2/c20-15(18-11-9-16-17-10-11)19-13-7-4-8-14(13)21-12-5-2-1-3-6-12/h1-3,5-6,9-10,13-14H,4,7-8H2,(H,16,17)(H2,18,19,20)/t13-,14-/m0/s1. The van der Waals surface area contributed by atoms with E-state index in [1.165, 1.54) is 0 Å². The Labute approximate surface area is 122 Å². The lowest BCUT2D eigenvalue weighted by Crippen LogP contribution is -2.44. The lowest BCUT2D eigenvalue weighted by Gasteiger charge is -2.22. The number of urea groups is 1. The van der Waals surface area contributed by atoms with Gasteiger partial charge in [0.25, 0.3) is 0 Å². The number of amides is 2. The molecule has 0 radical (unpaired) electrons. The summed E-state index contributed by atoms with van der Waals surface area (Å²) < 4.78 is 5.96. The number of benzene rings is 1. The highest BCUT2D eigenvalue weighted by molar-refractivity contribution is 5.89. The molecule has 6 heteroatoms. The molecule has 21 heavy (non-hydrogen) atoms. The number of anilines is 1. The van der Waals surface area contributed by atoms with E-state index in [-0.39, 0.29) is 18.2 Å². The van der Waals surface area contributed by atoms with Crippen LogP contribution in [0.25, 0.3) is 0 Å². The van der Waals surface area contributed by atoms with Crippen molar-refractivity contribution in [1.82, 2.24) is 15.5 Å². The molecule has 0 saturated heterocycles. The SMILES string of the molecule is O=C(Nc1cn[nH]c1)N[C@H]1CCC[C@@H]1Oc1ccccc1. The maximum Gasteiger partial charge on any atom is 0.319 e. The average Bonchev–Trinajstić information content (AvgIpc) is 3.13. The molecule has 3 rings (SSSR count). The number of carbonyl (C=O) groups is 1. The summed E-state index contributed by atoms with van der Waals surface area (Å²) in [6.45, 7) is 0. The summed E-state index contributed by atoms with van der Waals surface area (Å²) in [5.74, 6) is 0.839. The van der Waals surface area contributed by atoms with Crippen LogP contribution in [0.5, 0.6) is 5.75 Å². The molecule has 3 N–H and O–H groups in total. The molecule has 0 unspecified atom stereocenters.